The third kappa shape index (κ3) is 8.68. The molecule has 25 heavy (non-hydrogen) atoms. The van der Waals surface area contributed by atoms with Crippen LogP contribution in [0.1, 0.15) is 69.8 Å². The molecule has 0 amide bonds. The van der Waals surface area contributed by atoms with Gasteiger partial charge in [-0.3, -0.25) is 0 Å². The van der Waals surface area contributed by atoms with Gasteiger partial charge in [-0.05, 0) is 49.5 Å². The SMILES string of the molecule is C1CCC(NC2CCCCC2)CC1.O=C(O)C=Cc1ccc(Br)cc1. The zero-order valence-corrected chi connectivity index (χ0v) is 16.5. The van der Waals surface area contributed by atoms with E-state index in [2.05, 4.69) is 21.2 Å². The number of aliphatic carboxylic acids is 1. The van der Waals surface area contributed by atoms with Gasteiger partial charge in [0.25, 0.3) is 0 Å². The quantitative estimate of drug-likeness (QED) is 0.620. The van der Waals surface area contributed by atoms with Crippen LogP contribution in [-0.2, 0) is 4.79 Å². The van der Waals surface area contributed by atoms with Gasteiger partial charge in [-0.1, -0.05) is 66.6 Å². The molecule has 0 aromatic heterocycles. The Morgan fingerprint density at radius 2 is 1.40 bits per heavy atom. The molecule has 0 bridgehead atoms. The second kappa shape index (κ2) is 11.5. The summed E-state index contributed by atoms with van der Waals surface area (Å²) in [4.78, 5) is 10.1. The van der Waals surface area contributed by atoms with Crippen molar-refractivity contribution in [2.24, 2.45) is 0 Å². The number of carboxylic acid groups (broad SMARTS) is 1. The second-order valence-corrected chi connectivity index (χ2v) is 7.98. The van der Waals surface area contributed by atoms with Crippen LogP contribution in [-0.4, -0.2) is 23.2 Å². The smallest absolute Gasteiger partial charge is 0.328 e. The van der Waals surface area contributed by atoms with Gasteiger partial charge in [0.1, 0.15) is 0 Å². The van der Waals surface area contributed by atoms with Gasteiger partial charge in [0.2, 0.25) is 0 Å². The van der Waals surface area contributed by atoms with E-state index in [9.17, 15) is 4.79 Å². The van der Waals surface area contributed by atoms with Crippen LogP contribution in [0.3, 0.4) is 0 Å². The lowest BCUT2D eigenvalue weighted by molar-refractivity contribution is -0.131. The number of rotatable bonds is 4. The molecule has 2 aliphatic rings. The van der Waals surface area contributed by atoms with E-state index in [1.807, 2.05) is 24.3 Å². The van der Waals surface area contributed by atoms with Gasteiger partial charge in [0.05, 0.1) is 0 Å². The number of hydrogen-bond donors (Lipinski definition) is 2. The first-order valence-corrected chi connectivity index (χ1v) is 10.4. The molecule has 2 saturated carbocycles. The molecule has 0 aliphatic heterocycles. The molecule has 1 aromatic carbocycles. The maximum Gasteiger partial charge on any atom is 0.328 e. The summed E-state index contributed by atoms with van der Waals surface area (Å²) in [6, 6.07) is 9.14. The average molecular weight is 408 g/mol. The van der Waals surface area contributed by atoms with Crippen LogP contribution in [0.4, 0.5) is 0 Å². The highest BCUT2D eigenvalue weighted by molar-refractivity contribution is 9.10. The summed E-state index contributed by atoms with van der Waals surface area (Å²) < 4.78 is 0.981. The van der Waals surface area contributed by atoms with Crippen LogP contribution in [0, 0.1) is 0 Å². The number of carboxylic acids is 1. The van der Waals surface area contributed by atoms with Crippen molar-refractivity contribution in [2.75, 3.05) is 0 Å². The van der Waals surface area contributed by atoms with E-state index in [0.29, 0.717) is 0 Å². The average Bonchev–Trinajstić information content (AvgIpc) is 2.63. The van der Waals surface area contributed by atoms with Crippen LogP contribution in [0.25, 0.3) is 6.08 Å². The maximum atomic E-state index is 10.1. The van der Waals surface area contributed by atoms with Gasteiger partial charge in [-0.2, -0.15) is 0 Å². The topological polar surface area (TPSA) is 49.3 Å². The van der Waals surface area contributed by atoms with Crippen LogP contribution < -0.4 is 5.32 Å². The molecule has 2 N–H and O–H groups in total. The molecule has 3 rings (SSSR count). The highest BCUT2D eigenvalue weighted by Crippen LogP contribution is 2.22. The lowest BCUT2D eigenvalue weighted by atomic mass is 9.91. The van der Waals surface area contributed by atoms with Gasteiger partial charge in [0, 0.05) is 22.6 Å². The summed E-state index contributed by atoms with van der Waals surface area (Å²) in [5.41, 5.74) is 0.876. The van der Waals surface area contributed by atoms with E-state index in [4.69, 9.17) is 5.11 Å². The van der Waals surface area contributed by atoms with Gasteiger partial charge in [-0.15, -0.1) is 0 Å². The fourth-order valence-corrected chi connectivity index (χ4v) is 3.88. The third-order valence-corrected chi connectivity index (χ3v) is 5.50. The largest absolute Gasteiger partial charge is 0.478 e. The number of halogens is 1. The molecule has 0 heterocycles. The Morgan fingerprint density at radius 1 is 0.920 bits per heavy atom. The van der Waals surface area contributed by atoms with Gasteiger partial charge >= 0.3 is 5.97 Å². The van der Waals surface area contributed by atoms with E-state index in [1.165, 1.54) is 64.2 Å². The van der Waals surface area contributed by atoms with E-state index >= 15 is 0 Å². The van der Waals surface area contributed by atoms with Crippen molar-refractivity contribution in [1.82, 2.24) is 5.32 Å². The fraction of sp³-hybridized carbons (Fsp3) is 0.571. The van der Waals surface area contributed by atoms with Gasteiger partial charge in [-0.25, -0.2) is 4.79 Å². The Kier molecular flexibility index (Phi) is 9.27. The Balaban J connectivity index is 0.000000181. The standard InChI is InChI=1S/C12H23N.C9H7BrO2/c1-3-7-11(8-4-1)13-12-9-5-2-6-10-12;10-8-4-1-7(2-5-8)3-6-9(11)12/h11-13H,1-10H2;1-6H,(H,11,12). The third-order valence-electron chi connectivity index (χ3n) is 4.97. The van der Waals surface area contributed by atoms with Crippen molar-refractivity contribution < 1.29 is 9.90 Å². The fourth-order valence-electron chi connectivity index (χ4n) is 3.61. The minimum absolute atomic E-state index is 0.872. The predicted octanol–water partition coefficient (Wildman–Crippen LogP) is 5.79. The van der Waals surface area contributed by atoms with Crippen molar-refractivity contribution in [3.63, 3.8) is 0 Å². The minimum Gasteiger partial charge on any atom is -0.478 e. The minimum atomic E-state index is -0.932. The van der Waals surface area contributed by atoms with Crippen LogP contribution in [0.15, 0.2) is 34.8 Å². The lowest BCUT2D eigenvalue weighted by Crippen LogP contribution is -2.40. The molecule has 0 radical (unpaired) electrons. The Hall–Kier alpha value is -1.13. The Bertz CT molecular complexity index is 513. The first-order valence-electron chi connectivity index (χ1n) is 9.56. The van der Waals surface area contributed by atoms with Crippen LogP contribution in [0.2, 0.25) is 0 Å². The molecule has 3 nitrogen and oxygen atoms in total. The summed E-state index contributed by atoms with van der Waals surface area (Å²) in [7, 11) is 0. The zero-order chi connectivity index (χ0) is 17.9. The highest BCUT2D eigenvalue weighted by atomic mass is 79.9. The first kappa shape index (κ1) is 20.2. The van der Waals surface area contributed by atoms with E-state index in [-0.39, 0.29) is 0 Å². The molecule has 2 aliphatic carbocycles. The molecule has 0 saturated heterocycles. The zero-order valence-electron chi connectivity index (χ0n) is 14.9. The van der Waals surface area contributed by atoms with Crippen LogP contribution >= 0.6 is 15.9 Å². The number of hydrogen-bond acceptors (Lipinski definition) is 2. The molecule has 1 aromatic rings. The normalized spacial score (nSPS) is 19.4. The summed E-state index contributed by atoms with van der Waals surface area (Å²) in [6.45, 7) is 0. The Morgan fingerprint density at radius 3 is 1.84 bits per heavy atom. The van der Waals surface area contributed by atoms with Crippen molar-refractivity contribution in [2.45, 2.75) is 76.3 Å². The molecular formula is C21H30BrNO2. The monoisotopic (exact) mass is 407 g/mol. The van der Waals surface area contributed by atoms with Crippen molar-refractivity contribution in [3.8, 4) is 0 Å². The molecule has 0 unspecified atom stereocenters. The molecule has 2 fully saturated rings. The molecule has 138 valence electrons. The Labute approximate surface area is 160 Å². The summed E-state index contributed by atoms with van der Waals surface area (Å²) in [6.07, 6.45) is 17.2. The number of carbonyl (C=O) groups is 1. The van der Waals surface area contributed by atoms with Crippen molar-refractivity contribution in [1.29, 1.82) is 0 Å². The molecular weight excluding hydrogens is 378 g/mol. The second-order valence-electron chi connectivity index (χ2n) is 7.06. The maximum absolute atomic E-state index is 10.1. The lowest BCUT2D eigenvalue weighted by Gasteiger charge is -2.30. The van der Waals surface area contributed by atoms with E-state index in [1.54, 1.807) is 6.08 Å². The van der Waals surface area contributed by atoms with Gasteiger partial charge in [0.15, 0.2) is 0 Å². The van der Waals surface area contributed by atoms with Crippen molar-refractivity contribution in [3.05, 3.63) is 40.4 Å². The summed E-state index contributed by atoms with van der Waals surface area (Å²) in [5.74, 6) is -0.932. The molecule has 4 heteroatoms. The highest BCUT2D eigenvalue weighted by Gasteiger charge is 2.19. The first-order chi connectivity index (χ1) is 12.1. The van der Waals surface area contributed by atoms with Gasteiger partial charge < -0.3 is 10.4 Å². The molecule has 0 spiro atoms. The summed E-state index contributed by atoms with van der Waals surface area (Å²) in [5, 5.41) is 12.2. The number of nitrogens with one attached hydrogen (secondary N) is 1. The predicted molar refractivity (Wildman–Crippen MR) is 108 cm³/mol. The van der Waals surface area contributed by atoms with Crippen LogP contribution in [0.5, 0.6) is 0 Å². The number of benzene rings is 1. The molecule has 0 atom stereocenters. The van der Waals surface area contributed by atoms with E-state index in [0.717, 1.165) is 28.2 Å². The van der Waals surface area contributed by atoms with E-state index < -0.39 is 5.97 Å². The van der Waals surface area contributed by atoms with Crippen molar-refractivity contribution >= 4 is 28.0 Å². The summed E-state index contributed by atoms with van der Waals surface area (Å²) >= 11 is 3.29.